The van der Waals surface area contributed by atoms with E-state index in [1.165, 1.54) is 14.2 Å². The maximum absolute atomic E-state index is 12.9. The number of halogens is 6. The third kappa shape index (κ3) is 5.29. The van der Waals surface area contributed by atoms with Gasteiger partial charge in [-0.15, -0.1) is 0 Å². The number of carbonyl (C=O) groups is 1. The van der Waals surface area contributed by atoms with Crippen LogP contribution in [0.3, 0.4) is 0 Å². The van der Waals surface area contributed by atoms with Crippen molar-refractivity contribution >= 4 is 13.0 Å². The van der Waals surface area contributed by atoms with E-state index in [9.17, 15) is 31.1 Å². The van der Waals surface area contributed by atoms with Crippen LogP contribution in [0, 0.1) is 5.92 Å². The first kappa shape index (κ1) is 19.6. The van der Waals surface area contributed by atoms with E-state index < -0.39 is 35.0 Å². The third-order valence-electron chi connectivity index (χ3n) is 3.67. The van der Waals surface area contributed by atoms with Crippen LogP contribution < -0.4 is 0 Å². The maximum Gasteiger partial charge on any atom is 0.416 e. The molecular weight excluding hydrogens is 321 g/mol. The molecule has 0 bridgehead atoms. The molecular formula is C15H16BF6O. The van der Waals surface area contributed by atoms with Gasteiger partial charge in [0.1, 0.15) is 0 Å². The Morgan fingerprint density at radius 1 is 1.04 bits per heavy atom. The zero-order valence-electron chi connectivity index (χ0n) is 12.8. The molecule has 1 nitrogen and oxygen atoms in total. The van der Waals surface area contributed by atoms with Crippen molar-refractivity contribution in [1.82, 2.24) is 0 Å². The van der Waals surface area contributed by atoms with Gasteiger partial charge in [0.05, 0.1) is 16.8 Å². The van der Waals surface area contributed by atoms with Gasteiger partial charge in [-0.25, -0.2) is 0 Å². The molecule has 0 aromatic heterocycles. The summed E-state index contributed by atoms with van der Waals surface area (Å²) in [6, 6.07) is 1.46. The van der Waals surface area contributed by atoms with E-state index in [4.69, 9.17) is 0 Å². The molecule has 0 N–H and O–H groups in total. The van der Waals surface area contributed by atoms with Crippen LogP contribution >= 0.6 is 0 Å². The lowest BCUT2D eigenvalue weighted by atomic mass is 9.54. The summed E-state index contributed by atoms with van der Waals surface area (Å²) in [7, 11) is 1.17. The minimum absolute atomic E-state index is 0.0882. The van der Waals surface area contributed by atoms with E-state index in [-0.39, 0.29) is 17.5 Å². The molecule has 0 spiro atoms. The summed E-state index contributed by atoms with van der Waals surface area (Å²) >= 11 is 0. The standard InChI is InChI=1S/C15H16BF6O/c1-4-8(2)13(16-9(3)23)10-5-11(14(17,18)19)7-12(6-10)15(20,21)22/h5-8,13H,4H2,1-3H3. The fourth-order valence-electron chi connectivity index (χ4n) is 2.27. The van der Waals surface area contributed by atoms with E-state index in [1.807, 2.05) is 0 Å². The molecule has 0 aliphatic rings. The zero-order chi connectivity index (χ0) is 18.0. The fourth-order valence-corrected chi connectivity index (χ4v) is 2.27. The van der Waals surface area contributed by atoms with Gasteiger partial charge < -0.3 is 4.79 Å². The molecule has 2 unspecified atom stereocenters. The largest absolute Gasteiger partial charge is 0.416 e. The summed E-state index contributed by atoms with van der Waals surface area (Å²) in [6.07, 6.45) is -9.29. The van der Waals surface area contributed by atoms with Gasteiger partial charge in [0, 0.05) is 0 Å². The Bertz CT molecular complexity index is 532. The summed E-state index contributed by atoms with van der Waals surface area (Å²) in [4.78, 5) is 11.3. The predicted molar refractivity (Wildman–Crippen MR) is 75.1 cm³/mol. The number of carbonyl (C=O) groups excluding carboxylic acids is 1. The summed E-state index contributed by atoms with van der Waals surface area (Å²) < 4.78 is 77.4. The molecule has 0 amide bonds. The summed E-state index contributed by atoms with van der Waals surface area (Å²) in [5.74, 6) is -1.08. The molecule has 1 rings (SSSR count). The van der Waals surface area contributed by atoms with Crippen LogP contribution in [0.1, 0.15) is 49.7 Å². The van der Waals surface area contributed by atoms with Gasteiger partial charge in [0.25, 0.3) is 0 Å². The summed E-state index contributed by atoms with van der Waals surface area (Å²) in [5, 5.41) is 0. The Hall–Kier alpha value is -1.47. The molecule has 23 heavy (non-hydrogen) atoms. The SMILES string of the molecule is CCC(C)C([B]C(C)=O)c1cc(C(F)(F)F)cc(C(F)(F)F)c1. The highest BCUT2D eigenvalue weighted by Crippen LogP contribution is 2.39. The zero-order valence-corrected chi connectivity index (χ0v) is 12.8. The van der Waals surface area contributed by atoms with Gasteiger partial charge in [0.15, 0.2) is 0 Å². The third-order valence-corrected chi connectivity index (χ3v) is 3.67. The van der Waals surface area contributed by atoms with Crippen LogP contribution in [0.4, 0.5) is 26.3 Å². The Kier molecular flexibility index (Phi) is 5.93. The lowest BCUT2D eigenvalue weighted by Gasteiger charge is -2.24. The van der Waals surface area contributed by atoms with Gasteiger partial charge in [-0.3, -0.25) is 0 Å². The number of hydrogen-bond donors (Lipinski definition) is 0. The second-order valence-electron chi connectivity index (χ2n) is 5.53. The van der Waals surface area contributed by atoms with Crippen molar-refractivity contribution in [3.05, 3.63) is 34.9 Å². The highest BCUT2D eigenvalue weighted by atomic mass is 19.4. The minimum atomic E-state index is -4.90. The Morgan fingerprint density at radius 3 is 1.78 bits per heavy atom. The molecule has 0 aliphatic heterocycles. The Balaban J connectivity index is 3.50. The van der Waals surface area contributed by atoms with E-state index in [2.05, 4.69) is 0 Å². The average Bonchev–Trinajstić information content (AvgIpc) is 2.41. The first-order valence-corrected chi connectivity index (χ1v) is 7.01. The van der Waals surface area contributed by atoms with Crippen LogP contribution in [-0.4, -0.2) is 13.0 Å². The van der Waals surface area contributed by atoms with Gasteiger partial charge >= 0.3 is 12.4 Å². The molecule has 0 aliphatic carbocycles. The van der Waals surface area contributed by atoms with E-state index >= 15 is 0 Å². The number of benzene rings is 1. The molecule has 2 atom stereocenters. The highest BCUT2D eigenvalue weighted by molar-refractivity contribution is 6.74. The molecule has 1 aromatic rings. The van der Waals surface area contributed by atoms with Crippen molar-refractivity contribution in [3.63, 3.8) is 0 Å². The first-order chi connectivity index (χ1) is 10.4. The van der Waals surface area contributed by atoms with Crippen LogP contribution in [0.25, 0.3) is 0 Å². The van der Waals surface area contributed by atoms with Gasteiger partial charge in [0.2, 0.25) is 7.28 Å². The lowest BCUT2D eigenvalue weighted by Crippen LogP contribution is -2.23. The van der Waals surface area contributed by atoms with Crippen molar-refractivity contribution in [2.24, 2.45) is 5.92 Å². The number of hydrogen-bond acceptors (Lipinski definition) is 1. The van der Waals surface area contributed by atoms with Crippen LogP contribution in [-0.2, 0) is 17.1 Å². The second kappa shape index (κ2) is 6.97. The molecule has 0 saturated carbocycles. The number of alkyl halides is 6. The Labute approximate surface area is 131 Å². The molecule has 8 heteroatoms. The lowest BCUT2D eigenvalue weighted by molar-refractivity contribution is -0.143. The van der Waals surface area contributed by atoms with E-state index in [0.717, 1.165) is 0 Å². The molecule has 0 heterocycles. The Morgan fingerprint density at radius 2 is 1.48 bits per heavy atom. The number of rotatable bonds is 5. The molecule has 127 valence electrons. The molecule has 1 radical (unpaired) electrons. The summed E-state index contributed by atoms with van der Waals surface area (Å²) in [5.41, 5.74) is -3.29. The normalized spacial score (nSPS) is 15.2. The van der Waals surface area contributed by atoms with Gasteiger partial charge in [-0.05, 0) is 36.9 Å². The van der Waals surface area contributed by atoms with E-state index in [1.54, 1.807) is 13.8 Å². The fraction of sp³-hybridized carbons (Fsp3) is 0.533. The predicted octanol–water partition coefficient (Wildman–Crippen LogP) is 5.06. The maximum atomic E-state index is 12.9. The van der Waals surface area contributed by atoms with Crippen molar-refractivity contribution in [1.29, 1.82) is 0 Å². The van der Waals surface area contributed by atoms with Gasteiger partial charge in [-0.1, -0.05) is 25.8 Å². The second-order valence-corrected chi connectivity index (χ2v) is 5.53. The molecule has 0 saturated heterocycles. The molecule has 0 fully saturated rings. The monoisotopic (exact) mass is 337 g/mol. The highest BCUT2D eigenvalue weighted by Gasteiger charge is 2.38. The van der Waals surface area contributed by atoms with Crippen LogP contribution in [0.15, 0.2) is 18.2 Å². The van der Waals surface area contributed by atoms with Crippen LogP contribution in [0.5, 0.6) is 0 Å². The smallest absolute Gasteiger partial charge is 0.312 e. The van der Waals surface area contributed by atoms with Gasteiger partial charge in [-0.2, -0.15) is 26.3 Å². The summed E-state index contributed by atoms with van der Waals surface area (Å²) in [6.45, 7) is 4.65. The van der Waals surface area contributed by atoms with Crippen molar-refractivity contribution < 1.29 is 31.1 Å². The molecule has 1 aromatic carbocycles. The quantitative estimate of drug-likeness (QED) is 0.542. The first-order valence-electron chi connectivity index (χ1n) is 7.01. The van der Waals surface area contributed by atoms with Crippen molar-refractivity contribution in [2.45, 2.75) is 45.4 Å². The van der Waals surface area contributed by atoms with Crippen LogP contribution in [0.2, 0.25) is 0 Å². The van der Waals surface area contributed by atoms with E-state index in [0.29, 0.717) is 18.6 Å². The van der Waals surface area contributed by atoms with Crippen molar-refractivity contribution in [3.8, 4) is 0 Å². The topological polar surface area (TPSA) is 17.1 Å². The average molecular weight is 337 g/mol. The van der Waals surface area contributed by atoms with Crippen molar-refractivity contribution in [2.75, 3.05) is 0 Å². The minimum Gasteiger partial charge on any atom is -0.312 e.